The van der Waals surface area contributed by atoms with E-state index in [1.807, 2.05) is 25.7 Å². The average molecular weight is 318 g/mol. The number of nitrogens with one attached hydrogen (secondary N) is 1. The van der Waals surface area contributed by atoms with Crippen LogP contribution < -0.4 is 5.32 Å². The van der Waals surface area contributed by atoms with Crippen molar-refractivity contribution in [3.05, 3.63) is 0 Å². The zero-order valence-electron chi connectivity index (χ0n) is 13.8. The Bertz CT molecular complexity index is 347. The number of likely N-dealkylation sites (tertiary alicyclic amines) is 1. The highest BCUT2D eigenvalue weighted by atomic mass is 32.2. The lowest BCUT2D eigenvalue weighted by molar-refractivity contribution is 0.0184. The minimum absolute atomic E-state index is 0.195. The van der Waals surface area contributed by atoms with E-state index in [2.05, 4.69) is 5.32 Å². The number of hydrogen-bond donors (Lipinski definition) is 1. The topological polar surface area (TPSA) is 58.6 Å². The number of carbonyl (C=O) groups is 1. The molecule has 1 rings (SSSR count). The van der Waals surface area contributed by atoms with Crippen molar-refractivity contribution in [1.82, 2.24) is 10.2 Å². The number of amides is 1. The number of rotatable bonds is 6. The molecule has 0 aliphatic carbocycles. The number of nitrogens with zero attached hydrogens (tertiary/aromatic N) is 1. The minimum Gasteiger partial charge on any atom is -0.444 e. The van der Waals surface area contributed by atoms with Gasteiger partial charge in [-0.15, -0.1) is 0 Å². The van der Waals surface area contributed by atoms with Gasteiger partial charge in [-0.2, -0.15) is 0 Å². The maximum Gasteiger partial charge on any atom is 0.410 e. The maximum absolute atomic E-state index is 11.9. The van der Waals surface area contributed by atoms with Crippen molar-refractivity contribution < 1.29 is 13.7 Å². The molecule has 5 nitrogen and oxygen atoms in total. The lowest BCUT2D eigenvalue weighted by Crippen LogP contribution is -2.43. The Morgan fingerprint density at radius 1 is 1.33 bits per heavy atom. The fourth-order valence-electron chi connectivity index (χ4n) is 2.35. The van der Waals surface area contributed by atoms with E-state index in [9.17, 15) is 9.00 Å². The van der Waals surface area contributed by atoms with Crippen molar-refractivity contribution in [3.8, 4) is 0 Å². The monoisotopic (exact) mass is 318 g/mol. The van der Waals surface area contributed by atoms with E-state index in [1.54, 1.807) is 6.26 Å². The predicted molar refractivity (Wildman–Crippen MR) is 87.0 cm³/mol. The highest BCUT2D eigenvalue weighted by molar-refractivity contribution is 7.84. The lowest BCUT2D eigenvalue weighted by atomic mass is 9.97. The van der Waals surface area contributed by atoms with E-state index in [0.717, 1.165) is 51.2 Å². The van der Waals surface area contributed by atoms with E-state index in [4.69, 9.17) is 4.74 Å². The second-order valence-electron chi connectivity index (χ2n) is 6.75. The smallest absolute Gasteiger partial charge is 0.410 e. The SMILES string of the molecule is CS(=O)CCCNCC1CCN(C(=O)OC(C)(C)C)CC1. The summed E-state index contributed by atoms with van der Waals surface area (Å²) in [5.74, 6) is 1.39. The summed E-state index contributed by atoms with van der Waals surface area (Å²) >= 11 is 0. The quantitative estimate of drug-likeness (QED) is 0.761. The van der Waals surface area contributed by atoms with E-state index < -0.39 is 16.4 Å². The third kappa shape index (κ3) is 8.41. The molecule has 1 atom stereocenters. The fourth-order valence-corrected chi connectivity index (χ4v) is 2.90. The van der Waals surface area contributed by atoms with Crippen molar-refractivity contribution in [1.29, 1.82) is 0 Å². The van der Waals surface area contributed by atoms with Gasteiger partial charge in [-0.25, -0.2) is 4.79 Å². The summed E-state index contributed by atoms with van der Waals surface area (Å²) in [6.07, 6.45) is 4.55. The van der Waals surface area contributed by atoms with Gasteiger partial charge in [-0.3, -0.25) is 4.21 Å². The molecule has 6 heteroatoms. The Morgan fingerprint density at radius 2 is 1.95 bits per heavy atom. The van der Waals surface area contributed by atoms with Crippen LogP contribution in [0.2, 0.25) is 0 Å². The Balaban J connectivity index is 2.14. The summed E-state index contributed by atoms with van der Waals surface area (Å²) in [6, 6.07) is 0. The molecule has 124 valence electrons. The van der Waals surface area contributed by atoms with Crippen molar-refractivity contribution in [3.63, 3.8) is 0 Å². The van der Waals surface area contributed by atoms with Crippen LogP contribution in [0, 0.1) is 5.92 Å². The summed E-state index contributed by atoms with van der Waals surface area (Å²) in [5, 5.41) is 3.42. The predicted octanol–water partition coefficient (Wildman–Crippen LogP) is 1.99. The van der Waals surface area contributed by atoms with Crippen LogP contribution in [-0.2, 0) is 15.5 Å². The van der Waals surface area contributed by atoms with E-state index in [1.165, 1.54) is 0 Å². The van der Waals surface area contributed by atoms with Crippen LogP contribution in [-0.4, -0.2) is 59.0 Å². The first-order chi connectivity index (χ1) is 9.78. The molecular weight excluding hydrogens is 288 g/mol. The van der Waals surface area contributed by atoms with Gasteiger partial charge in [0.15, 0.2) is 0 Å². The molecule has 0 aromatic heterocycles. The number of carbonyl (C=O) groups excluding carboxylic acids is 1. The van der Waals surface area contributed by atoms with Crippen molar-refractivity contribution in [2.75, 3.05) is 38.2 Å². The molecule has 1 aliphatic heterocycles. The molecule has 21 heavy (non-hydrogen) atoms. The first-order valence-corrected chi connectivity index (χ1v) is 9.49. The van der Waals surface area contributed by atoms with Gasteiger partial charge in [0.1, 0.15) is 5.60 Å². The van der Waals surface area contributed by atoms with Gasteiger partial charge in [0.25, 0.3) is 0 Å². The van der Waals surface area contributed by atoms with Gasteiger partial charge in [0.2, 0.25) is 0 Å². The summed E-state index contributed by atoms with van der Waals surface area (Å²) in [7, 11) is -0.690. The molecule has 1 fully saturated rings. The molecular formula is C15H30N2O3S. The van der Waals surface area contributed by atoms with Crippen molar-refractivity contribution in [2.24, 2.45) is 5.92 Å². The Kier molecular flexibility index (Phi) is 7.66. The van der Waals surface area contributed by atoms with Crippen LogP contribution in [0.15, 0.2) is 0 Å². The second-order valence-corrected chi connectivity index (χ2v) is 8.30. The average Bonchev–Trinajstić information content (AvgIpc) is 2.36. The fraction of sp³-hybridized carbons (Fsp3) is 0.933. The molecule has 0 aromatic carbocycles. The molecule has 1 N–H and O–H groups in total. The highest BCUT2D eigenvalue weighted by Gasteiger charge is 2.26. The number of hydrogen-bond acceptors (Lipinski definition) is 4. The Hall–Kier alpha value is -0.620. The maximum atomic E-state index is 11.9. The largest absolute Gasteiger partial charge is 0.444 e. The van der Waals surface area contributed by atoms with Gasteiger partial charge < -0.3 is 15.0 Å². The summed E-state index contributed by atoms with van der Waals surface area (Å²) in [5.41, 5.74) is -0.422. The first-order valence-electron chi connectivity index (χ1n) is 7.76. The summed E-state index contributed by atoms with van der Waals surface area (Å²) in [4.78, 5) is 13.8. The van der Waals surface area contributed by atoms with Crippen LogP contribution in [0.25, 0.3) is 0 Å². The third-order valence-electron chi connectivity index (χ3n) is 3.48. The van der Waals surface area contributed by atoms with Gasteiger partial charge in [0.05, 0.1) is 0 Å². The second kappa shape index (κ2) is 8.73. The van der Waals surface area contributed by atoms with E-state index in [0.29, 0.717) is 5.92 Å². The molecule has 1 heterocycles. The van der Waals surface area contributed by atoms with Crippen LogP contribution in [0.4, 0.5) is 4.79 Å². The normalized spacial score (nSPS) is 18.6. The Morgan fingerprint density at radius 3 is 2.48 bits per heavy atom. The van der Waals surface area contributed by atoms with Crippen LogP contribution in [0.3, 0.4) is 0 Å². The molecule has 0 saturated carbocycles. The van der Waals surface area contributed by atoms with Crippen LogP contribution >= 0.6 is 0 Å². The van der Waals surface area contributed by atoms with Gasteiger partial charge in [0, 0.05) is 35.9 Å². The molecule has 0 radical (unpaired) electrons. The van der Waals surface area contributed by atoms with E-state index in [-0.39, 0.29) is 6.09 Å². The zero-order valence-corrected chi connectivity index (χ0v) is 14.6. The molecule has 0 aromatic rings. The van der Waals surface area contributed by atoms with Crippen molar-refractivity contribution >= 4 is 16.9 Å². The number of ether oxygens (including phenoxy) is 1. The summed E-state index contributed by atoms with van der Waals surface area (Å²) < 4.78 is 16.3. The highest BCUT2D eigenvalue weighted by Crippen LogP contribution is 2.19. The van der Waals surface area contributed by atoms with Crippen molar-refractivity contribution in [2.45, 2.75) is 45.6 Å². The zero-order chi connectivity index (χ0) is 15.9. The first kappa shape index (κ1) is 18.4. The molecule has 1 saturated heterocycles. The van der Waals surface area contributed by atoms with Gasteiger partial charge in [-0.1, -0.05) is 0 Å². The molecule has 1 amide bonds. The van der Waals surface area contributed by atoms with Crippen LogP contribution in [0.5, 0.6) is 0 Å². The number of piperidine rings is 1. The molecule has 1 unspecified atom stereocenters. The molecule has 0 bridgehead atoms. The van der Waals surface area contributed by atoms with Gasteiger partial charge >= 0.3 is 6.09 Å². The van der Waals surface area contributed by atoms with E-state index >= 15 is 0 Å². The lowest BCUT2D eigenvalue weighted by Gasteiger charge is -2.33. The standard InChI is InChI=1S/C15H30N2O3S/c1-15(2,3)20-14(18)17-9-6-13(7-10-17)12-16-8-5-11-21(4)19/h13,16H,5-12H2,1-4H3. The molecule has 0 spiro atoms. The Labute approximate surface area is 131 Å². The summed E-state index contributed by atoms with van der Waals surface area (Å²) in [6.45, 7) is 9.14. The van der Waals surface area contributed by atoms with Gasteiger partial charge in [-0.05, 0) is 59.0 Å². The minimum atomic E-state index is -0.690. The third-order valence-corrected chi connectivity index (χ3v) is 4.35. The van der Waals surface area contributed by atoms with Crippen LogP contribution in [0.1, 0.15) is 40.0 Å². The molecule has 1 aliphatic rings.